The number of hydrogen-bond donors (Lipinski definition) is 1. The van der Waals surface area contributed by atoms with Crippen LogP contribution in [0.4, 0.5) is 0 Å². The van der Waals surface area contributed by atoms with Crippen molar-refractivity contribution in [1.82, 2.24) is 23.6 Å². The molecule has 384 valence electrons. The van der Waals surface area contributed by atoms with Crippen LogP contribution in [-0.2, 0) is 28.1 Å². The summed E-state index contributed by atoms with van der Waals surface area (Å²) in [7, 11) is -2.00. The average Bonchev–Trinajstić information content (AvgIpc) is 3.16. The number of carbonyl (C=O) groups is 2. The predicted molar refractivity (Wildman–Crippen MR) is 284 cm³/mol. The van der Waals surface area contributed by atoms with E-state index >= 15 is 0 Å². The van der Waals surface area contributed by atoms with Crippen molar-refractivity contribution in [2.24, 2.45) is 11.7 Å². The molecule has 0 amide bonds. The highest BCUT2D eigenvalue weighted by molar-refractivity contribution is 8.14. The molecule has 1 heterocycles. The van der Waals surface area contributed by atoms with Crippen LogP contribution >= 0.6 is 40.4 Å². The second-order valence-corrected chi connectivity index (χ2v) is 26.3. The van der Waals surface area contributed by atoms with Gasteiger partial charge in [-0.2, -0.15) is 0 Å². The SMILES string of the molecule is C/C(N)=C(/C)C(=O)SCOCCCOP(N(C(C)C)C(C)C)N(C(C)C)C(C)CC1CCC(C)(C)N(CCC(=O)SCOCCCOP(N(C(C)C)C(C)C)N(C(C)C)C(C)C)C1(C)C. The van der Waals surface area contributed by atoms with Crippen LogP contribution < -0.4 is 5.73 Å². The maximum absolute atomic E-state index is 13.4. The molecule has 1 saturated heterocycles. The highest BCUT2D eigenvalue weighted by Gasteiger charge is 2.48. The van der Waals surface area contributed by atoms with Gasteiger partial charge in [0.15, 0.2) is 22.0 Å². The zero-order chi connectivity index (χ0) is 50.0. The lowest BCUT2D eigenvalue weighted by atomic mass is 9.70. The van der Waals surface area contributed by atoms with Gasteiger partial charge in [0, 0.05) is 96.9 Å². The van der Waals surface area contributed by atoms with E-state index in [0.717, 1.165) is 50.4 Å². The Hall–Kier alpha value is 0.0800. The van der Waals surface area contributed by atoms with Crippen molar-refractivity contribution < 1.29 is 28.1 Å². The van der Waals surface area contributed by atoms with Crippen molar-refractivity contribution in [3.8, 4) is 0 Å². The Morgan fingerprint density at radius 3 is 1.45 bits per heavy atom. The standard InChI is InChI=1S/C49H100N6O6P2S2/c1-35(2)52(36(3)4)62(53(37(5)6)38(7)8)60-30-22-28-58-33-64-46(56)25-27-51-48(18,19)26-24-45(49(51,20)21)32-42(15)55(41(13)14)63(54(39(9)10)40(11)12)61-31-23-29-59-34-65-47(57)43(16)44(17)50/h35-42,45H,22-34,50H2,1-21H3/b44-43+. The van der Waals surface area contributed by atoms with Crippen molar-refractivity contribution in [3.05, 3.63) is 11.3 Å². The van der Waals surface area contributed by atoms with Crippen molar-refractivity contribution in [1.29, 1.82) is 0 Å². The quantitative estimate of drug-likeness (QED) is 0.0298. The van der Waals surface area contributed by atoms with Gasteiger partial charge in [-0.25, -0.2) is 18.7 Å². The number of ether oxygens (including phenoxy) is 2. The monoisotopic (exact) mass is 995 g/mol. The van der Waals surface area contributed by atoms with E-state index in [0.29, 0.717) is 98.2 Å². The van der Waals surface area contributed by atoms with E-state index in [1.807, 2.05) is 0 Å². The molecule has 0 spiro atoms. The molecular formula is C49H100N6O6P2S2. The van der Waals surface area contributed by atoms with Crippen LogP contribution in [0.25, 0.3) is 0 Å². The molecule has 0 aromatic heterocycles. The number of nitrogens with two attached hydrogens (primary N) is 1. The highest BCUT2D eigenvalue weighted by atomic mass is 32.2. The van der Waals surface area contributed by atoms with Crippen LogP contribution in [-0.4, -0.2) is 138 Å². The van der Waals surface area contributed by atoms with E-state index in [2.05, 4.69) is 155 Å². The first kappa shape index (κ1) is 63.1. The number of hydrogen-bond acceptors (Lipinski definition) is 14. The van der Waals surface area contributed by atoms with Crippen LogP contribution in [0.15, 0.2) is 11.3 Å². The normalized spacial score (nSPS) is 18.7. The number of piperidine rings is 1. The molecule has 65 heavy (non-hydrogen) atoms. The number of rotatable bonds is 32. The minimum atomic E-state index is -1.08. The number of nitrogens with zero attached hydrogens (tertiary/aromatic N) is 5. The molecule has 16 heteroatoms. The third-order valence-electron chi connectivity index (χ3n) is 12.4. The summed E-state index contributed by atoms with van der Waals surface area (Å²) in [6.07, 6.45) is 5.30. The maximum atomic E-state index is 13.4. The Morgan fingerprint density at radius 1 is 0.646 bits per heavy atom. The van der Waals surface area contributed by atoms with Gasteiger partial charge in [0.2, 0.25) is 5.12 Å². The first-order valence-electron chi connectivity index (χ1n) is 24.8. The fourth-order valence-corrected chi connectivity index (χ4v) is 15.4. The minimum absolute atomic E-state index is 0.0160. The van der Waals surface area contributed by atoms with Gasteiger partial charge >= 0.3 is 0 Å². The van der Waals surface area contributed by atoms with Gasteiger partial charge in [-0.05, 0) is 183 Å². The van der Waals surface area contributed by atoms with E-state index in [-0.39, 0.29) is 33.4 Å². The summed E-state index contributed by atoms with van der Waals surface area (Å²) in [4.78, 5) is 28.3. The largest absolute Gasteiger partial charge is 0.402 e. The summed E-state index contributed by atoms with van der Waals surface area (Å²) in [5, 5.41) is 0.138. The molecule has 12 nitrogen and oxygen atoms in total. The van der Waals surface area contributed by atoms with Crippen molar-refractivity contribution in [2.75, 3.05) is 44.9 Å². The number of carbonyl (C=O) groups excluding carboxylic acids is 2. The molecule has 2 N–H and O–H groups in total. The molecule has 3 unspecified atom stereocenters. The first-order valence-corrected chi connectivity index (χ1v) is 29.1. The molecule has 1 fully saturated rings. The molecule has 1 aliphatic rings. The van der Waals surface area contributed by atoms with Gasteiger partial charge in [0.1, 0.15) is 0 Å². The Kier molecular flexibility index (Phi) is 29.8. The molecule has 0 aliphatic carbocycles. The topological polar surface area (TPSA) is 113 Å². The maximum Gasteiger partial charge on any atom is 0.218 e. The summed E-state index contributed by atoms with van der Waals surface area (Å²) < 4.78 is 35.6. The summed E-state index contributed by atoms with van der Waals surface area (Å²) in [5.41, 5.74) is 6.80. The minimum Gasteiger partial charge on any atom is -0.402 e. The van der Waals surface area contributed by atoms with E-state index < -0.39 is 16.9 Å². The Labute approximate surface area is 411 Å². The smallest absolute Gasteiger partial charge is 0.218 e. The van der Waals surface area contributed by atoms with Crippen molar-refractivity contribution in [2.45, 2.75) is 243 Å². The van der Waals surface area contributed by atoms with Gasteiger partial charge < -0.3 is 24.3 Å². The lowest BCUT2D eigenvalue weighted by molar-refractivity contribution is -0.114. The number of thioether (sulfide) groups is 2. The average molecular weight is 995 g/mol. The molecular weight excluding hydrogens is 895 g/mol. The highest BCUT2D eigenvalue weighted by Crippen LogP contribution is 2.53. The third-order valence-corrected chi connectivity index (χ3v) is 20.1. The van der Waals surface area contributed by atoms with Gasteiger partial charge in [0.05, 0.1) is 25.1 Å². The Morgan fingerprint density at radius 2 is 1.05 bits per heavy atom. The Bertz CT molecular complexity index is 1360. The molecule has 0 aromatic rings. The summed E-state index contributed by atoms with van der Waals surface area (Å²) in [6.45, 7) is 50.1. The first-order chi connectivity index (χ1) is 30.1. The third kappa shape index (κ3) is 20.8. The summed E-state index contributed by atoms with van der Waals surface area (Å²) in [5.74, 6) is 1.11. The lowest BCUT2D eigenvalue weighted by Crippen LogP contribution is -2.63. The molecule has 0 radical (unpaired) electrons. The van der Waals surface area contributed by atoms with Crippen LogP contribution in [0, 0.1) is 5.92 Å². The molecule has 1 aliphatic heterocycles. The van der Waals surface area contributed by atoms with Crippen molar-refractivity contribution in [3.63, 3.8) is 0 Å². The van der Waals surface area contributed by atoms with Gasteiger partial charge in [-0.1, -0.05) is 23.5 Å². The fourth-order valence-electron chi connectivity index (χ4n) is 9.37. The van der Waals surface area contributed by atoms with E-state index in [4.69, 9.17) is 24.3 Å². The summed E-state index contributed by atoms with van der Waals surface area (Å²) in [6, 6.07) is 2.68. The molecule has 0 bridgehead atoms. The second-order valence-electron chi connectivity index (χ2n) is 21.1. The lowest BCUT2D eigenvalue weighted by Gasteiger charge is -2.58. The van der Waals surface area contributed by atoms with E-state index in [1.165, 1.54) is 11.8 Å². The molecule has 1 rings (SSSR count). The zero-order valence-electron chi connectivity index (χ0n) is 45.4. The predicted octanol–water partition coefficient (Wildman–Crippen LogP) is 12.5. The van der Waals surface area contributed by atoms with Crippen LogP contribution in [0.3, 0.4) is 0 Å². The molecule has 0 aromatic carbocycles. The number of likely N-dealkylation sites (tertiary alicyclic amines) is 1. The molecule has 0 saturated carbocycles. The van der Waals surface area contributed by atoms with Gasteiger partial charge in [-0.3, -0.25) is 14.5 Å². The van der Waals surface area contributed by atoms with E-state index in [1.54, 1.807) is 13.8 Å². The van der Waals surface area contributed by atoms with Crippen LogP contribution in [0.2, 0.25) is 0 Å². The molecule has 3 atom stereocenters. The van der Waals surface area contributed by atoms with Crippen LogP contribution in [0.5, 0.6) is 0 Å². The Balaban J connectivity index is 2.92. The zero-order valence-corrected chi connectivity index (χ0v) is 48.8. The van der Waals surface area contributed by atoms with Gasteiger partial charge in [-0.15, -0.1) is 0 Å². The second kappa shape index (κ2) is 30.7. The van der Waals surface area contributed by atoms with Crippen LogP contribution in [0.1, 0.15) is 184 Å². The van der Waals surface area contributed by atoms with E-state index in [9.17, 15) is 9.59 Å². The fraction of sp³-hybridized carbons (Fsp3) is 0.918. The van der Waals surface area contributed by atoms with Crippen molar-refractivity contribution >= 4 is 50.7 Å². The van der Waals surface area contributed by atoms with Gasteiger partial charge in [0.25, 0.3) is 0 Å². The number of allylic oxidation sites excluding steroid dienone is 1. The summed E-state index contributed by atoms with van der Waals surface area (Å²) >= 11 is 2.46.